The van der Waals surface area contributed by atoms with Gasteiger partial charge in [0.1, 0.15) is 11.6 Å². The van der Waals surface area contributed by atoms with Crippen molar-refractivity contribution < 1.29 is 9.50 Å². The molecule has 0 radical (unpaired) electrons. The van der Waals surface area contributed by atoms with Crippen molar-refractivity contribution in [3.05, 3.63) is 59.9 Å². The van der Waals surface area contributed by atoms with Crippen LogP contribution in [-0.4, -0.2) is 5.11 Å². The van der Waals surface area contributed by atoms with Gasteiger partial charge in [0.25, 0.3) is 0 Å². The minimum atomic E-state index is -0.229. The van der Waals surface area contributed by atoms with Crippen LogP contribution in [-0.2, 0) is 0 Å². The van der Waals surface area contributed by atoms with E-state index in [9.17, 15) is 9.50 Å². The van der Waals surface area contributed by atoms with E-state index in [0.717, 1.165) is 5.69 Å². The lowest BCUT2D eigenvalue weighted by molar-refractivity contribution is 0.475. The van der Waals surface area contributed by atoms with Crippen molar-refractivity contribution in [3.63, 3.8) is 0 Å². The summed E-state index contributed by atoms with van der Waals surface area (Å²) in [5, 5.41) is 12.5. The van der Waals surface area contributed by atoms with Crippen LogP contribution in [0.1, 0.15) is 18.5 Å². The molecule has 2 aromatic rings. The van der Waals surface area contributed by atoms with E-state index in [4.69, 9.17) is 0 Å². The molecule has 0 aliphatic rings. The first-order chi connectivity index (χ1) is 8.16. The van der Waals surface area contributed by atoms with Gasteiger partial charge in [0.05, 0.1) is 6.04 Å². The number of aromatic hydroxyl groups is 1. The van der Waals surface area contributed by atoms with Gasteiger partial charge >= 0.3 is 0 Å². The first-order valence-corrected chi connectivity index (χ1v) is 5.47. The summed E-state index contributed by atoms with van der Waals surface area (Å²) in [5.41, 5.74) is 1.37. The number of phenolic OH excluding ortho intramolecular Hbond substituents is 1. The minimum Gasteiger partial charge on any atom is -0.508 e. The van der Waals surface area contributed by atoms with Crippen molar-refractivity contribution in [2.75, 3.05) is 5.32 Å². The molecule has 0 saturated carbocycles. The third-order valence-electron chi connectivity index (χ3n) is 2.60. The van der Waals surface area contributed by atoms with E-state index in [-0.39, 0.29) is 17.6 Å². The summed E-state index contributed by atoms with van der Waals surface area (Å²) in [6.07, 6.45) is 0. The quantitative estimate of drug-likeness (QED) is 0.844. The Labute approximate surface area is 99.7 Å². The molecule has 0 amide bonds. The number of hydrogen-bond donors (Lipinski definition) is 2. The highest BCUT2D eigenvalue weighted by Gasteiger charge is 2.09. The van der Waals surface area contributed by atoms with Gasteiger partial charge in [-0.25, -0.2) is 4.39 Å². The third kappa shape index (κ3) is 2.75. The molecule has 0 aromatic heterocycles. The summed E-state index contributed by atoms with van der Waals surface area (Å²) < 4.78 is 13.5. The zero-order valence-corrected chi connectivity index (χ0v) is 9.52. The van der Waals surface area contributed by atoms with Gasteiger partial charge in [0, 0.05) is 17.3 Å². The predicted molar refractivity (Wildman–Crippen MR) is 66.5 cm³/mol. The largest absolute Gasteiger partial charge is 0.508 e. The van der Waals surface area contributed by atoms with Gasteiger partial charge in [-0.1, -0.05) is 24.3 Å². The van der Waals surface area contributed by atoms with Crippen LogP contribution in [0.4, 0.5) is 10.1 Å². The summed E-state index contributed by atoms with van der Waals surface area (Å²) in [4.78, 5) is 0. The average molecular weight is 231 g/mol. The highest BCUT2D eigenvalue weighted by Crippen LogP contribution is 2.23. The number of halogens is 1. The van der Waals surface area contributed by atoms with Crippen LogP contribution in [0.3, 0.4) is 0 Å². The Balaban J connectivity index is 2.17. The Kier molecular flexibility index (Phi) is 3.28. The van der Waals surface area contributed by atoms with Gasteiger partial charge in [-0.2, -0.15) is 0 Å². The molecule has 2 N–H and O–H groups in total. The SMILES string of the molecule is CC(Nc1cccc(O)c1)c1ccccc1F. The molecule has 0 saturated heterocycles. The minimum absolute atomic E-state index is 0.155. The van der Waals surface area contributed by atoms with Gasteiger partial charge in [0.2, 0.25) is 0 Å². The molecular formula is C14H14FNO. The first-order valence-electron chi connectivity index (χ1n) is 5.47. The van der Waals surface area contributed by atoms with Crippen molar-refractivity contribution in [2.45, 2.75) is 13.0 Å². The summed E-state index contributed by atoms with van der Waals surface area (Å²) in [5.74, 6) is -0.0385. The molecular weight excluding hydrogens is 217 g/mol. The van der Waals surface area contributed by atoms with Crippen molar-refractivity contribution in [1.29, 1.82) is 0 Å². The van der Waals surface area contributed by atoms with Gasteiger partial charge in [-0.05, 0) is 25.1 Å². The lowest BCUT2D eigenvalue weighted by atomic mass is 10.1. The average Bonchev–Trinajstić information content (AvgIpc) is 2.29. The van der Waals surface area contributed by atoms with E-state index in [2.05, 4.69) is 5.32 Å². The molecule has 3 heteroatoms. The lowest BCUT2D eigenvalue weighted by Gasteiger charge is -2.16. The van der Waals surface area contributed by atoms with Gasteiger partial charge in [0.15, 0.2) is 0 Å². The molecule has 0 bridgehead atoms. The normalized spacial score (nSPS) is 12.1. The van der Waals surface area contributed by atoms with E-state index >= 15 is 0 Å². The third-order valence-corrected chi connectivity index (χ3v) is 2.60. The molecule has 0 aliphatic carbocycles. The van der Waals surface area contributed by atoms with Crippen LogP contribution in [0.5, 0.6) is 5.75 Å². The predicted octanol–water partition coefficient (Wildman–Crippen LogP) is 3.70. The maximum atomic E-state index is 13.5. The molecule has 0 aliphatic heterocycles. The maximum absolute atomic E-state index is 13.5. The summed E-state index contributed by atoms with van der Waals surface area (Å²) in [7, 11) is 0. The standard InChI is InChI=1S/C14H14FNO/c1-10(13-7-2-3-8-14(13)15)16-11-5-4-6-12(17)9-11/h2-10,16-17H,1H3. The van der Waals surface area contributed by atoms with E-state index in [0.29, 0.717) is 5.56 Å². The van der Waals surface area contributed by atoms with Crippen LogP contribution in [0.15, 0.2) is 48.5 Å². The second-order valence-corrected chi connectivity index (χ2v) is 3.94. The zero-order chi connectivity index (χ0) is 12.3. The van der Waals surface area contributed by atoms with Gasteiger partial charge in [-0.3, -0.25) is 0 Å². The van der Waals surface area contributed by atoms with Crippen molar-refractivity contribution in [2.24, 2.45) is 0 Å². The Morgan fingerprint density at radius 3 is 2.59 bits per heavy atom. The fourth-order valence-corrected chi connectivity index (χ4v) is 1.75. The summed E-state index contributed by atoms with van der Waals surface area (Å²) in [6.45, 7) is 1.88. The second-order valence-electron chi connectivity index (χ2n) is 3.94. The van der Waals surface area contributed by atoms with E-state index in [1.807, 2.05) is 13.0 Å². The number of benzene rings is 2. The van der Waals surface area contributed by atoms with Crippen LogP contribution in [0, 0.1) is 5.82 Å². The van der Waals surface area contributed by atoms with E-state index in [1.165, 1.54) is 6.07 Å². The van der Waals surface area contributed by atoms with Crippen LogP contribution in [0.2, 0.25) is 0 Å². The van der Waals surface area contributed by atoms with E-state index in [1.54, 1.807) is 36.4 Å². The number of phenols is 1. The molecule has 1 unspecified atom stereocenters. The number of anilines is 1. The highest BCUT2D eigenvalue weighted by molar-refractivity contribution is 5.49. The fraction of sp³-hybridized carbons (Fsp3) is 0.143. The smallest absolute Gasteiger partial charge is 0.128 e. The van der Waals surface area contributed by atoms with Crippen LogP contribution in [0.25, 0.3) is 0 Å². The van der Waals surface area contributed by atoms with Gasteiger partial charge < -0.3 is 10.4 Å². The molecule has 0 heterocycles. The molecule has 0 spiro atoms. The van der Waals surface area contributed by atoms with Crippen molar-refractivity contribution in [3.8, 4) is 5.75 Å². The Morgan fingerprint density at radius 1 is 1.12 bits per heavy atom. The number of hydrogen-bond acceptors (Lipinski definition) is 2. The second kappa shape index (κ2) is 4.87. The fourth-order valence-electron chi connectivity index (χ4n) is 1.75. The molecule has 2 nitrogen and oxygen atoms in total. The number of nitrogens with one attached hydrogen (secondary N) is 1. The summed E-state index contributed by atoms with van der Waals surface area (Å²) >= 11 is 0. The lowest BCUT2D eigenvalue weighted by Crippen LogP contribution is -2.08. The maximum Gasteiger partial charge on any atom is 0.128 e. The van der Waals surface area contributed by atoms with E-state index < -0.39 is 0 Å². The molecule has 2 aromatic carbocycles. The molecule has 88 valence electrons. The molecule has 1 atom stereocenters. The monoisotopic (exact) mass is 231 g/mol. The van der Waals surface area contributed by atoms with Crippen molar-refractivity contribution in [1.82, 2.24) is 0 Å². The number of rotatable bonds is 3. The first kappa shape index (κ1) is 11.5. The Bertz CT molecular complexity index is 513. The van der Waals surface area contributed by atoms with Crippen molar-refractivity contribution >= 4 is 5.69 Å². The zero-order valence-electron chi connectivity index (χ0n) is 9.52. The molecule has 0 fully saturated rings. The topological polar surface area (TPSA) is 32.3 Å². The Morgan fingerprint density at radius 2 is 1.88 bits per heavy atom. The van der Waals surface area contributed by atoms with Crippen LogP contribution >= 0.6 is 0 Å². The molecule has 17 heavy (non-hydrogen) atoms. The Hall–Kier alpha value is -2.03. The summed E-state index contributed by atoms with van der Waals surface area (Å²) in [6, 6.07) is 13.3. The molecule has 2 rings (SSSR count). The van der Waals surface area contributed by atoms with Gasteiger partial charge in [-0.15, -0.1) is 0 Å². The highest BCUT2D eigenvalue weighted by atomic mass is 19.1. The van der Waals surface area contributed by atoms with Crippen LogP contribution < -0.4 is 5.32 Å².